The number of carbonyl (C=O) groups excluding carboxylic acids is 2. The van der Waals surface area contributed by atoms with E-state index in [1.54, 1.807) is 31.2 Å². The Labute approximate surface area is 138 Å². The molecule has 2 rings (SSSR count). The number of alkyl halides is 1. The third-order valence-electron chi connectivity index (χ3n) is 3.22. The number of amides is 2. The molecule has 0 spiro atoms. The van der Waals surface area contributed by atoms with Crippen LogP contribution >= 0.6 is 23.2 Å². The first-order chi connectivity index (χ1) is 10.5. The number of nitrogens with one attached hydrogen (secondary N) is 2. The molecule has 2 N–H and O–H groups in total. The van der Waals surface area contributed by atoms with Crippen molar-refractivity contribution in [2.75, 3.05) is 12.5 Å². The molecule has 0 fully saturated rings. The summed E-state index contributed by atoms with van der Waals surface area (Å²) in [5.41, 5.74) is 1.43. The van der Waals surface area contributed by atoms with Crippen molar-refractivity contribution in [3.05, 3.63) is 46.1 Å². The van der Waals surface area contributed by atoms with Crippen LogP contribution in [0.1, 0.15) is 24.9 Å². The molecule has 1 heterocycles. The lowest BCUT2D eigenvalue weighted by molar-refractivity contribution is -0.139. The molecular formula is C15H16Cl2N2O3. The summed E-state index contributed by atoms with van der Waals surface area (Å²) in [6.45, 7) is 1.88. The first-order valence-corrected chi connectivity index (χ1v) is 7.71. The van der Waals surface area contributed by atoms with Gasteiger partial charge in [-0.15, -0.1) is 11.6 Å². The van der Waals surface area contributed by atoms with Crippen molar-refractivity contribution in [1.29, 1.82) is 0 Å². The highest BCUT2D eigenvalue weighted by molar-refractivity contribution is 6.31. The zero-order valence-corrected chi connectivity index (χ0v) is 13.5. The number of rotatable bonds is 5. The van der Waals surface area contributed by atoms with Gasteiger partial charge < -0.3 is 15.4 Å². The van der Waals surface area contributed by atoms with E-state index in [9.17, 15) is 9.59 Å². The molecular weight excluding hydrogens is 327 g/mol. The summed E-state index contributed by atoms with van der Waals surface area (Å²) in [5, 5.41) is 5.75. The van der Waals surface area contributed by atoms with Crippen LogP contribution in [0.3, 0.4) is 0 Å². The molecule has 0 saturated carbocycles. The third-order valence-corrected chi connectivity index (χ3v) is 3.83. The maximum absolute atomic E-state index is 12.3. The van der Waals surface area contributed by atoms with E-state index in [0.717, 1.165) is 0 Å². The van der Waals surface area contributed by atoms with Gasteiger partial charge in [-0.3, -0.25) is 0 Å². The second-order valence-electron chi connectivity index (χ2n) is 4.77. The first kappa shape index (κ1) is 16.6. The van der Waals surface area contributed by atoms with Crippen molar-refractivity contribution in [1.82, 2.24) is 10.6 Å². The SMILES string of the molecule is CC1=C(C(=O)OCCCCl)C(c2ccccc2Cl)NC(=O)N1. The van der Waals surface area contributed by atoms with Gasteiger partial charge in [-0.25, -0.2) is 9.59 Å². The highest BCUT2D eigenvalue weighted by Crippen LogP contribution is 2.31. The van der Waals surface area contributed by atoms with Crippen molar-refractivity contribution in [2.24, 2.45) is 0 Å². The monoisotopic (exact) mass is 342 g/mol. The van der Waals surface area contributed by atoms with Crippen LogP contribution in [0.5, 0.6) is 0 Å². The average Bonchev–Trinajstić information content (AvgIpc) is 2.47. The Morgan fingerprint density at radius 1 is 1.36 bits per heavy atom. The van der Waals surface area contributed by atoms with Crippen molar-refractivity contribution >= 4 is 35.2 Å². The number of halogens is 2. The minimum absolute atomic E-state index is 0.225. The summed E-state index contributed by atoms with van der Waals surface area (Å²) in [7, 11) is 0. The van der Waals surface area contributed by atoms with Gasteiger partial charge in [0.2, 0.25) is 0 Å². The number of carbonyl (C=O) groups is 2. The van der Waals surface area contributed by atoms with E-state index in [1.807, 2.05) is 0 Å². The second-order valence-corrected chi connectivity index (χ2v) is 5.56. The summed E-state index contributed by atoms with van der Waals surface area (Å²) in [4.78, 5) is 24.1. The fourth-order valence-corrected chi connectivity index (χ4v) is 2.56. The summed E-state index contributed by atoms with van der Waals surface area (Å²) in [6, 6.07) is 6.01. The highest BCUT2D eigenvalue weighted by Gasteiger charge is 2.33. The van der Waals surface area contributed by atoms with E-state index in [1.165, 1.54) is 0 Å². The summed E-state index contributed by atoms with van der Waals surface area (Å²) in [5.74, 6) is -0.0890. The number of hydrogen-bond acceptors (Lipinski definition) is 3. The Bertz CT molecular complexity index is 617. The number of allylic oxidation sites excluding steroid dienone is 1. The van der Waals surface area contributed by atoms with Gasteiger partial charge >= 0.3 is 12.0 Å². The lowest BCUT2D eigenvalue weighted by Gasteiger charge is -2.28. The molecule has 1 aromatic carbocycles. The molecule has 0 aromatic heterocycles. The van der Waals surface area contributed by atoms with Crippen molar-refractivity contribution < 1.29 is 14.3 Å². The highest BCUT2D eigenvalue weighted by atomic mass is 35.5. The van der Waals surface area contributed by atoms with Gasteiger partial charge in [0.25, 0.3) is 0 Å². The molecule has 22 heavy (non-hydrogen) atoms. The van der Waals surface area contributed by atoms with E-state index in [-0.39, 0.29) is 12.6 Å². The van der Waals surface area contributed by atoms with Crippen LogP contribution in [0.2, 0.25) is 5.02 Å². The normalized spacial score (nSPS) is 17.8. The van der Waals surface area contributed by atoms with Crippen LogP contribution < -0.4 is 10.6 Å². The molecule has 1 aliphatic heterocycles. The minimum atomic E-state index is -0.647. The van der Waals surface area contributed by atoms with Gasteiger partial charge in [0.15, 0.2) is 0 Å². The summed E-state index contributed by atoms with van der Waals surface area (Å²) >= 11 is 11.8. The zero-order valence-electron chi connectivity index (χ0n) is 12.0. The topological polar surface area (TPSA) is 67.4 Å². The Balaban J connectivity index is 2.33. The quantitative estimate of drug-likeness (QED) is 0.490. The van der Waals surface area contributed by atoms with Crippen LogP contribution in [0.25, 0.3) is 0 Å². The maximum Gasteiger partial charge on any atom is 0.338 e. The standard InChI is InChI=1S/C15H16Cl2N2O3/c1-9-12(14(20)22-8-4-7-16)13(19-15(21)18-9)10-5-2-3-6-11(10)17/h2-3,5-6,13H,4,7-8H2,1H3,(H2,18,19,21). The van der Waals surface area contributed by atoms with E-state index in [2.05, 4.69) is 10.6 Å². The predicted molar refractivity (Wildman–Crippen MR) is 84.9 cm³/mol. The molecule has 5 nitrogen and oxygen atoms in total. The molecule has 0 radical (unpaired) electrons. The van der Waals surface area contributed by atoms with E-state index in [0.29, 0.717) is 34.2 Å². The number of hydrogen-bond donors (Lipinski definition) is 2. The van der Waals surface area contributed by atoms with Crippen molar-refractivity contribution in [2.45, 2.75) is 19.4 Å². The molecule has 2 amide bonds. The van der Waals surface area contributed by atoms with Crippen LogP contribution in [0.15, 0.2) is 35.5 Å². The molecule has 0 saturated heterocycles. The first-order valence-electron chi connectivity index (χ1n) is 6.80. The van der Waals surface area contributed by atoms with Crippen LogP contribution in [-0.2, 0) is 9.53 Å². The average molecular weight is 343 g/mol. The zero-order chi connectivity index (χ0) is 16.1. The molecule has 1 aromatic rings. The lowest BCUT2D eigenvalue weighted by Crippen LogP contribution is -2.45. The van der Waals surface area contributed by atoms with Crippen molar-refractivity contribution in [3.63, 3.8) is 0 Å². The van der Waals surface area contributed by atoms with Crippen LogP contribution in [-0.4, -0.2) is 24.5 Å². The smallest absolute Gasteiger partial charge is 0.338 e. The molecule has 0 aliphatic carbocycles. The Morgan fingerprint density at radius 2 is 2.09 bits per heavy atom. The minimum Gasteiger partial charge on any atom is -0.462 e. The fourth-order valence-electron chi connectivity index (χ4n) is 2.20. The molecule has 7 heteroatoms. The number of urea groups is 1. The van der Waals surface area contributed by atoms with E-state index < -0.39 is 12.0 Å². The number of esters is 1. The predicted octanol–water partition coefficient (Wildman–Crippen LogP) is 3.14. The van der Waals surface area contributed by atoms with Gasteiger partial charge in [-0.1, -0.05) is 29.8 Å². The summed E-state index contributed by atoms with van der Waals surface area (Å²) < 4.78 is 5.20. The van der Waals surface area contributed by atoms with Crippen molar-refractivity contribution in [3.8, 4) is 0 Å². The summed E-state index contributed by atoms with van der Waals surface area (Å²) in [6.07, 6.45) is 0.566. The van der Waals surface area contributed by atoms with Gasteiger partial charge in [-0.05, 0) is 25.0 Å². The maximum atomic E-state index is 12.3. The van der Waals surface area contributed by atoms with Gasteiger partial charge in [0.05, 0.1) is 18.2 Å². The van der Waals surface area contributed by atoms with Gasteiger partial charge in [0, 0.05) is 16.6 Å². The molecule has 1 unspecified atom stereocenters. The largest absolute Gasteiger partial charge is 0.462 e. The number of benzene rings is 1. The van der Waals surface area contributed by atoms with E-state index >= 15 is 0 Å². The molecule has 1 aliphatic rings. The molecule has 118 valence electrons. The Kier molecular flexibility index (Phi) is 5.69. The molecule has 0 bridgehead atoms. The van der Waals surface area contributed by atoms with Gasteiger partial charge in [-0.2, -0.15) is 0 Å². The van der Waals surface area contributed by atoms with Gasteiger partial charge in [0.1, 0.15) is 0 Å². The Hall–Kier alpha value is -1.72. The van der Waals surface area contributed by atoms with Crippen LogP contribution in [0, 0.1) is 0 Å². The second kappa shape index (κ2) is 7.51. The number of ether oxygens (including phenoxy) is 1. The van der Waals surface area contributed by atoms with E-state index in [4.69, 9.17) is 27.9 Å². The fraction of sp³-hybridized carbons (Fsp3) is 0.333. The third kappa shape index (κ3) is 3.72. The van der Waals surface area contributed by atoms with Crippen LogP contribution in [0.4, 0.5) is 4.79 Å². The molecule has 1 atom stereocenters. The Morgan fingerprint density at radius 3 is 2.77 bits per heavy atom. The lowest BCUT2D eigenvalue weighted by atomic mass is 9.95.